The highest BCUT2D eigenvalue weighted by atomic mass is 16.2. The minimum absolute atomic E-state index is 0.000719. The number of imide groups is 5. The fourth-order valence-electron chi connectivity index (χ4n) is 23.7. The zero-order chi connectivity index (χ0) is 107. The average Bonchev–Trinajstić information content (AvgIpc) is 0.764. The maximum absolute atomic E-state index is 13.2. The van der Waals surface area contributed by atoms with Crippen LogP contribution in [-0.4, -0.2) is 297 Å². The molecule has 6 aliphatic heterocycles. The molecule has 6 aliphatic carbocycles. The second-order valence-electron chi connectivity index (χ2n) is 43.6. The van der Waals surface area contributed by atoms with Gasteiger partial charge in [0, 0.05) is 152 Å². The lowest BCUT2D eigenvalue weighted by Gasteiger charge is -2.47. The van der Waals surface area contributed by atoms with Gasteiger partial charge in [0.05, 0.1) is 66.3 Å². The van der Waals surface area contributed by atoms with Gasteiger partial charge in [0.15, 0.2) is 34.7 Å². The number of Topliss-reactive ketones (excluding diaryl/α,β-unsaturated/α-hetero) is 6. The number of carbonyl (C=O) groups excluding carboxylic acids is 17. The number of ketones is 6. The maximum atomic E-state index is 13.2. The van der Waals surface area contributed by atoms with Gasteiger partial charge in [-0.2, -0.15) is 0 Å². The molecule has 17 amide bonds. The van der Waals surface area contributed by atoms with Crippen molar-refractivity contribution in [3.05, 3.63) is 250 Å². The van der Waals surface area contributed by atoms with Crippen LogP contribution in [0.4, 0.5) is 28.8 Å². The first-order valence-electron chi connectivity index (χ1n) is 53.0. The molecular weight excluding hydrogens is 1890 g/mol. The number of benzene rings is 4. The predicted octanol–water partition coefficient (Wildman–Crippen LogP) is 19.0. The van der Waals surface area contributed by atoms with Gasteiger partial charge in [-0.3, -0.25) is 87.2 Å². The lowest BCUT2D eigenvalue weighted by atomic mass is 9.68. The summed E-state index contributed by atoms with van der Waals surface area (Å²) in [6.07, 6.45) is 42.7. The van der Waals surface area contributed by atoms with Gasteiger partial charge in [0.2, 0.25) is 29.5 Å². The molecule has 6 saturated heterocycles. The summed E-state index contributed by atoms with van der Waals surface area (Å²) in [5.41, 5.74) is 4.33. The molecule has 0 N–H and O–H groups in total. The summed E-state index contributed by atoms with van der Waals surface area (Å²) >= 11 is 0. The Labute approximate surface area is 876 Å². The third kappa shape index (κ3) is 26.2. The highest BCUT2D eigenvalue weighted by molar-refractivity contribution is 6.11. The fourth-order valence-corrected chi connectivity index (χ4v) is 23.7. The monoisotopic (exact) mass is 2030 g/mol. The van der Waals surface area contributed by atoms with Crippen molar-refractivity contribution in [3.63, 3.8) is 0 Å². The Morgan fingerprint density at radius 3 is 0.852 bits per heavy atom. The highest BCUT2D eigenvalue weighted by Gasteiger charge is 2.56. The third-order valence-electron chi connectivity index (χ3n) is 32.2. The maximum Gasteiger partial charge on any atom is 0.326 e. The standard InChI is InChI=1S/C20H24N2O3.C20H26N2O3.C20H24N2O3.C20H26N2O2.C19H25N3O3.C19H23N3O3/c1-20(16-11-7-4-8-12-16)14-22(19(25)21(2)18(20)24)13-17(23)15-9-5-3-6-10-15;2*1-20(16-11-7-4-8-12-16)14-21(2)19(25)22(18(20)24)13-17(23)15-9-5-3-6-10-15;1-20(17-11-7-4-8-12-17)14-21(2)19(24)22(15-20)13-18(23)16-9-5-3-6-10-16;2*1-19(15-8-4-3-5-9-15)13-21(2)18(25)22(17(19)24)12-16(23)14-7-6-10-20-11-14/h3,5-6,9-11H,4,7-8,12-14H2,1-2H3;3,5-6,9-10,16H,4,7-8,11-14H2,1-2H3;3,5-6,9-11H,4,7-8,12-14H2,1-2H3;3,5-6,9-11H,4,7-8,12-15H2,1-2H3;6-7,10-11,15H,3-5,8-9,12-13H2,1-2H3;6-8,10-11H,3-5,9,12-13H2,1-2H3. The van der Waals surface area contributed by atoms with E-state index in [0.717, 1.165) is 189 Å². The molecule has 2 saturated carbocycles. The number of rotatable bonds is 24. The van der Waals surface area contributed by atoms with Crippen molar-refractivity contribution in [2.24, 2.45) is 44.3 Å². The molecule has 4 aromatic carbocycles. The van der Waals surface area contributed by atoms with E-state index in [9.17, 15) is 81.5 Å². The number of allylic oxidation sites excluding steroid dienone is 4. The van der Waals surface area contributed by atoms with Gasteiger partial charge in [-0.25, -0.2) is 28.8 Å². The van der Waals surface area contributed by atoms with Crippen molar-refractivity contribution in [1.29, 1.82) is 0 Å². The van der Waals surface area contributed by atoms with E-state index in [1.807, 2.05) is 90.2 Å². The van der Waals surface area contributed by atoms with Crippen LogP contribution >= 0.6 is 0 Å². The summed E-state index contributed by atoms with van der Waals surface area (Å²) in [5, 5.41) is 0. The van der Waals surface area contributed by atoms with Crippen LogP contribution in [0.25, 0.3) is 0 Å². The fraction of sp³-hybridized carbons (Fsp3) is 0.500. The predicted molar refractivity (Wildman–Crippen MR) is 567 cm³/mol. The van der Waals surface area contributed by atoms with E-state index >= 15 is 0 Å². The lowest BCUT2D eigenvalue weighted by molar-refractivity contribution is -0.147. The van der Waals surface area contributed by atoms with Gasteiger partial charge in [-0.15, -0.1) is 0 Å². The van der Waals surface area contributed by atoms with Crippen molar-refractivity contribution in [2.45, 2.75) is 208 Å². The Morgan fingerprint density at radius 2 is 0.544 bits per heavy atom. The number of aromatic nitrogens is 2. The van der Waals surface area contributed by atoms with Crippen LogP contribution < -0.4 is 0 Å². The van der Waals surface area contributed by atoms with Crippen molar-refractivity contribution in [1.82, 2.24) is 68.8 Å². The van der Waals surface area contributed by atoms with Crippen molar-refractivity contribution >= 4 is 100 Å². The van der Waals surface area contributed by atoms with Crippen molar-refractivity contribution in [2.75, 3.05) is 127 Å². The topological polar surface area (TPSA) is 355 Å². The van der Waals surface area contributed by atoms with E-state index in [1.165, 1.54) is 60.5 Å². The van der Waals surface area contributed by atoms with Crippen LogP contribution in [0, 0.1) is 44.3 Å². The van der Waals surface area contributed by atoms with Crippen LogP contribution in [0.5, 0.6) is 0 Å². The highest BCUT2D eigenvalue weighted by Crippen LogP contribution is 2.48. The number of urea groups is 6. The van der Waals surface area contributed by atoms with Crippen LogP contribution in [0.3, 0.4) is 0 Å². The number of nitrogens with zero attached hydrogens (tertiary/aromatic N) is 14. The molecule has 8 fully saturated rings. The number of pyridine rings is 2. The second-order valence-corrected chi connectivity index (χ2v) is 43.6. The number of hydrogen-bond acceptors (Lipinski definition) is 19. The Morgan fingerprint density at radius 1 is 0.268 bits per heavy atom. The molecule has 792 valence electrons. The molecule has 6 unspecified atom stereocenters. The molecule has 6 atom stereocenters. The third-order valence-corrected chi connectivity index (χ3v) is 32.2. The molecule has 0 bridgehead atoms. The molecule has 6 aromatic rings. The molecule has 18 rings (SSSR count). The first kappa shape index (κ1) is 112. The number of carbonyl (C=O) groups is 17. The zero-order valence-electron chi connectivity index (χ0n) is 88.9. The van der Waals surface area contributed by atoms with E-state index in [4.69, 9.17) is 0 Å². The minimum atomic E-state index is -0.752. The molecule has 12 aliphatic rings. The average molecular weight is 2030 g/mol. The van der Waals surface area contributed by atoms with Gasteiger partial charge < -0.3 is 34.3 Å². The number of amides is 17. The Kier molecular flexibility index (Phi) is 37.7. The first-order chi connectivity index (χ1) is 71.2. The van der Waals surface area contributed by atoms with Gasteiger partial charge in [0.1, 0.15) is 0 Å². The summed E-state index contributed by atoms with van der Waals surface area (Å²) in [6, 6.07) is 40.4. The van der Waals surface area contributed by atoms with Gasteiger partial charge >= 0.3 is 36.2 Å². The summed E-state index contributed by atoms with van der Waals surface area (Å²) < 4.78 is 0. The van der Waals surface area contributed by atoms with Crippen LogP contribution in [0.1, 0.15) is 271 Å². The lowest BCUT2D eigenvalue weighted by Crippen LogP contribution is -2.63. The smallest absolute Gasteiger partial charge is 0.326 e. The molecule has 0 radical (unpaired) electrons. The van der Waals surface area contributed by atoms with E-state index < -0.39 is 51.2 Å². The summed E-state index contributed by atoms with van der Waals surface area (Å²) in [4.78, 5) is 241. The molecule has 31 nitrogen and oxygen atoms in total. The largest absolute Gasteiger partial charge is 0.327 e. The van der Waals surface area contributed by atoms with Gasteiger partial charge in [-0.1, -0.05) is 213 Å². The normalized spacial score (nSPS) is 24.7. The van der Waals surface area contributed by atoms with Crippen molar-refractivity contribution in [3.8, 4) is 0 Å². The first-order valence-corrected chi connectivity index (χ1v) is 53.0. The summed E-state index contributed by atoms with van der Waals surface area (Å²) in [7, 11) is 10.1. The Balaban J connectivity index is 0.000000149. The second kappa shape index (κ2) is 50.0. The molecule has 31 heteroatoms. The van der Waals surface area contributed by atoms with Crippen LogP contribution in [0.2, 0.25) is 0 Å². The van der Waals surface area contributed by atoms with Crippen LogP contribution in [0.15, 0.2) is 217 Å². The van der Waals surface area contributed by atoms with E-state index in [0.29, 0.717) is 66.1 Å². The molecule has 0 spiro atoms. The minimum Gasteiger partial charge on any atom is -0.327 e. The summed E-state index contributed by atoms with van der Waals surface area (Å²) in [6.45, 7) is 14.3. The van der Waals surface area contributed by atoms with E-state index in [2.05, 4.69) is 41.2 Å². The Bertz CT molecular complexity index is 5770. The SMILES string of the molecule is CN1C(=O)N(CC(=O)c2ccccc2)CC(C)(C2=CCCCC2)C1=O.CN1CC(C)(C2=CCCCC2)C(=O)N(CC(=O)c2ccccc2)C1=O.CN1CC(C)(C2=CCCCC2)C(=O)N(CC(=O)c2cccnc2)C1=O.CN1CC(C)(C2=CCCCC2)CN(CC(=O)c2ccccc2)C1=O.CN1CC(C)(C2CCCCC2)C(=O)N(CC(=O)c2ccccc2)C1=O.CN1CC(C)(C2CCCCC2)C(=O)N(CC(=O)c2cccnc2)C1=O. The Hall–Kier alpha value is -13.9. The molecule has 8 heterocycles. The zero-order valence-corrected chi connectivity index (χ0v) is 88.9. The summed E-state index contributed by atoms with van der Waals surface area (Å²) in [5.74, 6) is -1.66. The number of hydrogen-bond donors (Lipinski definition) is 0. The molecule has 2 aromatic heterocycles. The van der Waals surface area contributed by atoms with Crippen molar-refractivity contribution < 1.29 is 81.5 Å². The quantitative estimate of drug-likeness (QED) is 0.0401. The molecule has 149 heavy (non-hydrogen) atoms. The van der Waals surface area contributed by atoms with E-state index in [-0.39, 0.29) is 139 Å². The van der Waals surface area contributed by atoms with Gasteiger partial charge in [-0.05, 0) is 199 Å². The van der Waals surface area contributed by atoms with E-state index in [1.54, 1.807) is 162 Å². The van der Waals surface area contributed by atoms with Gasteiger partial charge in [0.25, 0.3) is 0 Å². The molecular formula is C118H148N14O17. The van der Waals surface area contributed by atoms with Crippen LogP contribution in [-0.2, 0) is 24.0 Å².